The maximum absolute atomic E-state index is 11.7. The summed E-state index contributed by atoms with van der Waals surface area (Å²) in [5, 5.41) is 3.38. The summed E-state index contributed by atoms with van der Waals surface area (Å²) in [5.74, 6) is 0.142. The molecule has 108 valence electrons. The van der Waals surface area contributed by atoms with Crippen molar-refractivity contribution in [1.29, 1.82) is 0 Å². The molecule has 1 aliphatic heterocycles. The molecule has 4 nitrogen and oxygen atoms in total. The van der Waals surface area contributed by atoms with Crippen LogP contribution in [-0.2, 0) is 11.3 Å². The van der Waals surface area contributed by atoms with E-state index in [4.69, 9.17) is 9.47 Å². The predicted octanol–water partition coefficient (Wildman–Crippen LogP) is 3.38. The maximum atomic E-state index is 11.7. The summed E-state index contributed by atoms with van der Waals surface area (Å²) in [5.41, 5.74) is 1.51. The number of hydrogen-bond acceptors (Lipinski definition) is 4. The van der Waals surface area contributed by atoms with Crippen LogP contribution in [0.25, 0.3) is 0 Å². The van der Waals surface area contributed by atoms with E-state index in [1.165, 1.54) is 25.7 Å². The van der Waals surface area contributed by atoms with Gasteiger partial charge in [-0.05, 0) is 37.2 Å². The minimum Gasteiger partial charge on any atom is -0.425 e. The van der Waals surface area contributed by atoms with Crippen molar-refractivity contribution >= 4 is 5.97 Å². The van der Waals surface area contributed by atoms with Crippen LogP contribution in [0.4, 0.5) is 0 Å². The van der Waals surface area contributed by atoms with Crippen LogP contribution in [0.15, 0.2) is 30.7 Å². The first-order chi connectivity index (χ1) is 9.70. The lowest BCUT2D eigenvalue weighted by atomic mass is 10.1. The van der Waals surface area contributed by atoms with Crippen molar-refractivity contribution < 1.29 is 14.3 Å². The highest BCUT2D eigenvalue weighted by Gasteiger charge is 2.22. The summed E-state index contributed by atoms with van der Waals surface area (Å²) in [7, 11) is 0. The summed E-state index contributed by atoms with van der Waals surface area (Å²) < 4.78 is 10.1. The average Bonchev–Trinajstić information content (AvgIpc) is 2.43. The Morgan fingerprint density at radius 2 is 2.05 bits per heavy atom. The molecule has 20 heavy (non-hydrogen) atoms. The molecule has 0 unspecified atom stereocenters. The first-order valence-electron chi connectivity index (χ1n) is 7.13. The van der Waals surface area contributed by atoms with Gasteiger partial charge in [-0.3, -0.25) is 0 Å². The van der Waals surface area contributed by atoms with Crippen LogP contribution in [-0.4, -0.2) is 12.5 Å². The number of unbranched alkanes of at least 4 members (excludes halogenated alkanes) is 3. The molecule has 1 heterocycles. The van der Waals surface area contributed by atoms with E-state index in [0.29, 0.717) is 11.3 Å². The van der Waals surface area contributed by atoms with E-state index in [9.17, 15) is 4.79 Å². The van der Waals surface area contributed by atoms with E-state index in [0.717, 1.165) is 18.7 Å². The number of benzene rings is 1. The highest BCUT2D eigenvalue weighted by molar-refractivity contribution is 5.94. The van der Waals surface area contributed by atoms with Crippen molar-refractivity contribution in [2.45, 2.75) is 39.2 Å². The molecule has 0 saturated heterocycles. The van der Waals surface area contributed by atoms with Gasteiger partial charge in [-0.2, -0.15) is 0 Å². The van der Waals surface area contributed by atoms with Gasteiger partial charge in [0.25, 0.3) is 5.95 Å². The lowest BCUT2D eigenvalue weighted by Crippen LogP contribution is -2.18. The van der Waals surface area contributed by atoms with E-state index < -0.39 is 5.97 Å². The number of esters is 1. The van der Waals surface area contributed by atoms with Gasteiger partial charge in [0.1, 0.15) is 11.3 Å². The number of cyclic esters (lactones) is 1. The number of carbonyl (C=O) groups excluding carboxylic acids is 1. The van der Waals surface area contributed by atoms with Crippen LogP contribution < -0.4 is 10.1 Å². The van der Waals surface area contributed by atoms with Crippen molar-refractivity contribution in [2.24, 2.45) is 0 Å². The molecule has 0 aliphatic carbocycles. The maximum Gasteiger partial charge on any atom is 0.349 e. The van der Waals surface area contributed by atoms with Crippen LogP contribution in [0, 0.1) is 0 Å². The van der Waals surface area contributed by atoms with Gasteiger partial charge in [-0.25, -0.2) is 4.79 Å². The number of rotatable bonds is 7. The second-order valence-electron chi connectivity index (χ2n) is 4.93. The molecule has 0 saturated carbocycles. The molecule has 2 rings (SSSR count). The Bertz CT molecular complexity index is 496. The highest BCUT2D eigenvalue weighted by Crippen LogP contribution is 2.27. The molecular weight excluding hydrogens is 254 g/mol. The van der Waals surface area contributed by atoms with Crippen molar-refractivity contribution in [2.75, 3.05) is 6.54 Å². The molecule has 1 aromatic carbocycles. The SMILES string of the molecule is C=C1OC(=O)c2cc(CNCCCCCC)ccc2O1. The van der Waals surface area contributed by atoms with Gasteiger partial charge >= 0.3 is 5.97 Å². The first kappa shape index (κ1) is 14.6. The van der Waals surface area contributed by atoms with Crippen molar-refractivity contribution in [3.05, 3.63) is 41.9 Å². The van der Waals surface area contributed by atoms with Crippen molar-refractivity contribution in [1.82, 2.24) is 5.32 Å². The normalized spacial score (nSPS) is 13.7. The monoisotopic (exact) mass is 275 g/mol. The Hall–Kier alpha value is -1.81. The Kier molecular flexibility index (Phi) is 5.18. The fraction of sp³-hybridized carbons (Fsp3) is 0.438. The molecule has 1 aromatic rings. The lowest BCUT2D eigenvalue weighted by Gasteiger charge is -2.18. The van der Waals surface area contributed by atoms with Crippen molar-refractivity contribution in [3.8, 4) is 5.75 Å². The van der Waals surface area contributed by atoms with Crippen LogP contribution in [0.1, 0.15) is 48.5 Å². The van der Waals surface area contributed by atoms with E-state index in [1.807, 2.05) is 12.1 Å². The topological polar surface area (TPSA) is 47.6 Å². The van der Waals surface area contributed by atoms with Crippen molar-refractivity contribution in [3.63, 3.8) is 0 Å². The molecular formula is C16H21NO3. The number of ether oxygens (including phenoxy) is 2. The fourth-order valence-electron chi connectivity index (χ4n) is 2.15. The van der Waals surface area contributed by atoms with E-state index in [-0.39, 0.29) is 5.95 Å². The largest absolute Gasteiger partial charge is 0.425 e. The van der Waals surface area contributed by atoms with Gasteiger partial charge in [0, 0.05) is 6.54 Å². The zero-order chi connectivity index (χ0) is 14.4. The zero-order valence-corrected chi connectivity index (χ0v) is 11.9. The number of nitrogens with one attached hydrogen (secondary N) is 1. The van der Waals surface area contributed by atoms with Crippen LogP contribution in [0.5, 0.6) is 5.75 Å². The molecule has 0 atom stereocenters. The summed E-state index contributed by atoms with van der Waals surface area (Å²) in [6.07, 6.45) is 4.98. The molecule has 4 heteroatoms. The van der Waals surface area contributed by atoms with Gasteiger partial charge in [0.15, 0.2) is 0 Å². The summed E-state index contributed by atoms with van der Waals surface area (Å²) in [6.45, 7) is 7.44. The van der Waals surface area contributed by atoms with Gasteiger partial charge < -0.3 is 14.8 Å². The molecule has 1 aliphatic rings. The summed E-state index contributed by atoms with van der Waals surface area (Å²) >= 11 is 0. The molecule has 0 bridgehead atoms. The molecule has 0 spiro atoms. The summed E-state index contributed by atoms with van der Waals surface area (Å²) in [4.78, 5) is 11.7. The Morgan fingerprint density at radius 1 is 1.20 bits per heavy atom. The van der Waals surface area contributed by atoms with Gasteiger partial charge in [0.05, 0.1) is 0 Å². The van der Waals surface area contributed by atoms with Crippen LogP contribution in [0.3, 0.4) is 0 Å². The third-order valence-corrected chi connectivity index (χ3v) is 3.23. The molecule has 0 amide bonds. The Labute approximate surface area is 119 Å². The third-order valence-electron chi connectivity index (χ3n) is 3.23. The standard InChI is InChI=1S/C16H21NO3/c1-3-4-5-6-9-17-11-13-7-8-15-14(10-13)16(18)20-12(2)19-15/h7-8,10,17H,2-6,9,11H2,1H3. The highest BCUT2D eigenvalue weighted by atomic mass is 16.7. The third kappa shape index (κ3) is 3.84. The minimum atomic E-state index is -0.402. The minimum absolute atomic E-state index is 0.0318. The van der Waals surface area contributed by atoms with Crippen LogP contribution >= 0.6 is 0 Å². The zero-order valence-electron chi connectivity index (χ0n) is 11.9. The quantitative estimate of drug-likeness (QED) is 0.612. The average molecular weight is 275 g/mol. The lowest BCUT2D eigenvalue weighted by molar-refractivity contribution is 0.0413. The van der Waals surface area contributed by atoms with Crippen LogP contribution in [0.2, 0.25) is 0 Å². The van der Waals surface area contributed by atoms with Gasteiger partial charge in [-0.1, -0.05) is 32.3 Å². The second-order valence-corrected chi connectivity index (χ2v) is 4.93. The van der Waals surface area contributed by atoms with E-state index in [1.54, 1.807) is 6.07 Å². The smallest absolute Gasteiger partial charge is 0.349 e. The predicted molar refractivity (Wildman–Crippen MR) is 77.5 cm³/mol. The summed E-state index contributed by atoms with van der Waals surface area (Å²) in [6, 6.07) is 5.54. The van der Waals surface area contributed by atoms with Gasteiger partial charge in [0.2, 0.25) is 0 Å². The first-order valence-corrected chi connectivity index (χ1v) is 7.13. The molecule has 0 radical (unpaired) electrons. The molecule has 0 aromatic heterocycles. The second kappa shape index (κ2) is 7.10. The molecule has 1 N–H and O–H groups in total. The van der Waals surface area contributed by atoms with E-state index >= 15 is 0 Å². The number of hydrogen-bond donors (Lipinski definition) is 1. The Morgan fingerprint density at radius 3 is 2.85 bits per heavy atom. The van der Waals surface area contributed by atoms with E-state index in [2.05, 4.69) is 18.8 Å². The van der Waals surface area contributed by atoms with Gasteiger partial charge in [-0.15, -0.1) is 0 Å². The fourth-order valence-corrected chi connectivity index (χ4v) is 2.15. The Balaban J connectivity index is 1.86. The number of fused-ring (bicyclic) bond motifs is 1. The number of carbonyl (C=O) groups is 1. The molecule has 0 fully saturated rings.